The Kier molecular flexibility index (Phi) is 4.82. The van der Waals surface area contributed by atoms with Crippen LogP contribution in [-0.2, 0) is 13.0 Å². The fraction of sp³-hybridized carbons (Fsp3) is 0.421. The molecule has 0 spiro atoms. The van der Waals surface area contributed by atoms with Crippen LogP contribution in [0.2, 0.25) is 0 Å². The van der Waals surface area contributed by atoms with Gasteiger partial charge in [-0.05, 0) is 41.2 Å². The Balaban J connectivity index is 1.67. The number of carbonyl (C=O) groups is 1. The van der Waals surface area contributed by atoms with E-state index in [-0.39, 0.29) is 0 Å². The van der Waals surface area contributed by atoms with Crippen molar-refractivity contribution in [2.45, 2.75) is 38.8 Å². The standard InChI is InChI=1S/C19H24N2O2/c1-2-17-15(8-7-14-5-3-4-6-18(14)17)13-20-16-9-11-21(12-10-16)19(22)23/h3-8,16,20H,2,9-13H2,1H3,(H,22,23). The first-order valence-electron chi connectivity index (χ1n) is 8.39. The smallest absolute Gasteiger partial charge is 0.407 e. The fourth-order valence-corrected chi connectivity index (χ4v) is 3.49. The molecule has 0 aliphatic carbocycles. The van der Waals surface area contributed by atoms with Crippen molar-refractivity contribution in [2.75, 3.05) is 13.1 Å². The summed E-state index contributed by atoms with van der Waals surface area (Å²) in [5.41, 5.74) is 2.77. The molecule has 3 rings (SSSR count). The second-order valence-corrected chi connectivity index (χ2v) is 6.20. The van der Waals surface area contributed by atoms with Gasteiger partial charge < -0.3 is 15.3 Å². The lowest BCUT2D eigenvalue weighted by molar-refractivity contribution is 0.129. The largest absolute Gasteiger partial charge is 0.465 e. The molecule has 1 saturated heterocycles. The van der Waals surface area contributed by atoms with Crippen LogP contribution in [0.4, 0.5) is 4.79 Å². The predicted molar refractivity (Wildman–Crippen MR) is 92.8 cm³/mol. The molecule has 1 heterocycles. The van der Waals surface area contributed by atoms with Gasteiger partial charge in [-0.3, -0.25) is 0 Å². The molecule has 0 radical (unpaired) electrons. The summed E-state index contributed by atoms with van der Waals surface area (Å²) in [5, 5.41) is 15.3. The predicted octanol–water partition coefficient (Wildman–Crippen LogP) is 3.63. The number of aryl methyl sites for hydroxylation is 1. The number of hydrogen-bond donors (Lipinski definition) is 2. The van der Waals surface area contributed by atoms with E-state index >= 15 is 0 Å². The highest BCUT2D eigenvalue weighted by Crippen LogP contribution is 2.23. The molecular formula is C19H24N2O2. The Hall–Kier alpha value is -2.07. The number of carboxylic acid groups (broad SMARTS) is 1. The van der Waals surface area contributed by atoms with E-state index in [9.17, 15) is 4.79 Å². The highest BCUT2D eigenvalue weighted by atomic mass is 16.4. The molecule has 1 fully saturated rings. The summed E-state index contributed by atoms with van der Waals surface area (Å²) in [7, 11) is 0. The Morgan fingerprint density at radius 3 is 2.65 bits per heavy atom. The first-order chi connectivity index (χ1) is 11.2. The number of likely N-dealkylation sites (tertiary alicyclic amines) is 1. The van der Waals surface area contributed by atoms with Crippen molar-refractivity contribution < 1.29 is 9.90 Å². The first-order valence-corrected chi connectivity index (χ1v) is 8.39. The number of amides is 1. The quantitative estimate of drug-likeness (QED) is 0.906. The van der Waals surface area contributed by atoms with Crippen molar-refractivity contribution >= 4 is 16.9 Å². The third kappa shape index (κ3) is 3.48. The van der Waals surface area contributed by atoms with E-state index in [2.05, 4.69) is 48.6 Å². The average Bonchev–Trinajstić information content (AvgIpc) is 2.59. The number of rotatable bonds is 4. The van der Waals surface area contributed by atoms with Gasteiger partial charge in [-0.2, -0.15) is 0 Å². The Morgan fingerprint density at radius 1 is 1.22 bits per heavy atom. The summed E-state index contributed by atoms with van der Waals surface area (Å²) < 4.78 is 0. The second-order valence-electron chi connectivity index (χ2n) is 6.20. The van der Waals surface area contributed by atoms with Gasteiger partial charge >= 0.3 is 6.09 Å². The van der Waals surface area contributed by atoms with E-state index < -0.39 is 6.09 Å². The number of hydrogen-bond acceptors (Lipinski definition) is 2. The summed E-state index contributed by atoms with van der Waals surface area (Å²) in [4.78, 5) is 12.5. The van der Waals surface area contributed by atoms with Gasteiger partial charge in [0, 0.05) is 25.7 Å². The van der Waals surface area contributed by atoms with E-state index in [1.54, 1.807) is 0 Å². The van der Waals surface area contributed by atoms with Gasteiger partial charge in [0.25, 0.3) is 0 Å². The van der Waals surface area contributed by atoms with Crippen LogP contribution in [0, 0.1) is 0 Å². The lowest BCUT2D eigenvalue weighted by Gasteiger charge is -2.30. The lowest BCUT2D eigenvalue weighted by Crippen LogP contribution is -2.44. The molecule has 2 N–H and O–H groups in total. The molecule has 2 aromatic rings. The maximum absolute atomic E-state index is 11.0. The molecular weight excluding hydrogens is 288 g/mol. The number of piperidine rings is 1. The van der Waals surface area contributed by atoms with E-state index in [1.165, 1.54) is 26.8 Å². The number of fused-ring (bicyclic) bond motifs is 1. The lowest BCUT2D eigenvalue weighted by atomic mass is 9.96. The molecule has 0 atom stereocenters. The van der Waals surface area contributed by atoms with Crippen molar-refractivity contribution in [2.24, 2.45) is 0 Å². The van der Waals surface area contributed by atoms with Crippen LogP contribution < -0.4 is 5.32 Å². The minimum Gasteiger partial charge on any atom is -0.465 e. The van der Waals surface area contributed by atoms with Crippen molar-refractivity contribution in [3.05, 3.63) is 47.5 Å². The zero-order chi connectivity index (χ0) is 16.2. The minimum absolute atomic E-state index is 0.404. The van der Waals surface area contributed by atoms with Crippen LogP contribution in [0.3, 0.4) is 0 Å². The third-order valence-corrected chi connectivity index (χ3v) is 4.84. The topological polar surface area (TPSA) is 52.6 Å². The van der Waals surface area contributed by atoms with Crippen LogP contribution >= 0.6 is 0 Å². The molecule has 0 unspecified atom stereocenters. The van der Waals surface area contributed by atoms with Gasteiger partial charge in [-0.1, -0.05) is 43.3 Å². The minimum atomic E-state index is -0.800. The monoisotopic (exact) mass is 312 g/mol. The van der Waals surface area contributed by atoms with Gasteiger partial charge in [-0.15, -0.1) is 0 Å². The van der Waals surface area contributed by atoms with Gasteiger partial charge in [-0.25, -0.2) is 4.79 Å². The SMILES string of the molecule is CCc1c(CNC2CCN(C(=O)O)CC2)ccc2ccccc12. The highest BCUT2D eigenvalue weighted by Gasteiger charge is 2.21. The summed E-state index contributed by atoms with van der Waals surface area (Å²) in [6.07, 6.45) is 2.00. The molecule has 23 heavy (non-hydrogen) atoms. The van der Waals surface area contributed by atoms with E-state index in [0.717, 1.165) is 25.8 Å². The van der Waals surface area contributed by atoms with Gasteiger partial charge in [0.05, 0.1) is 0 Å². The molecule has 122 valence electrons. The van der Waals surface area contributed by atoms with Crippen LogP contribution in [0.15, 0.2) is 36.4 Å². The molecule has 4 heteroatoms. The molecule has 0 bridgehead atoms. The molecule has 1 aliphatic rings. The number of nitrogens with zero attached hydrogens (tertiary/aromatic N) is 1. The Morgan fingerprint density at radius 2 is 1.96 bits per heavy atom. The molecule has 0 aromatic heterocycles. The van der Waals surface area contributed by atoms with Crippen molar-refractivity contribution in [1.29, 1.82) is 0 Å². The molecule has 1 amide bonds. The summed E-state index contributed by atoms with van der Waals surface area (Å²) in [6.45, 7) is 4.32. The zero-order valence-corrected chi connectivity index (χ0v) is 13.6. The molecule has 0 saturated carbocycles. The van der Waals surface area contributed by atoms with E-state index in [4.69, 9.17) is 5.11 Å². The maximum atomic E-state index is 11.0. The number of benzene rings is 2. The van der Waals surface area contributed by atoms with E-state index in [0.29, 0.717) is 19.1 Å². The Labute approximate surface area is 137 Å². The highest BCUT2D eigenvalue weighted by molar-refractivity contribution is 5.86. The van der Waals surface area contributed by atoms with Crippen molar-refractivity contribution in [1.82, 2.24) is 10.2 Å². The summed E-state index contributed by atoms with van der Waals surface area (Å²) in [6, 6.07) is 13.4. The van der Waals surface area contributed by atoms with Crippen LogP contribution in [0.1, 0.15) is 30.9 Å². The summed E-state index contributed by atoms with van der Waals surface area (Å²) in [5.74, 6) is 0. The normalized spacial score (nSPS) is 16.0. The first kappa shape index (κ1) is 15.8. The van der Waals surface area contributed by atoms with Crippen LogP contribution in [-0.4, -0.2) is 35.2 Å². The van der Waals surface area contributed by atoms with Crippen LogP contribution in [0.25, 0.3) is 10.8 Å². The zero-order valence-electron chi connectivity index (χ0n) is 13.6. The summed E-state index contributed by atoms with van der Waals surface area (Å²) >= 11 is 0. The van der Waals surface area contributed by atoms with Crippen molar-refractivity contribution in [3.8, 4) is 0 Å². The van der Waals surface area contributed by atoms with Gasteiger partial charge in [0.2, 0.25) is 0 Å². The van der Waals surface area contributed by atoms with Crippen LogP contribution in [0.5, 0.6) is 0 Å². The van der Waals surface area contributed by atoms with Crippen molar-refractivity contribution in [3.63, 3.8) is 0 Å². The maximum Gasteiger partial charge on any atom is 0.407 e. The van der Waals surface area contributed by atoms with Gasteiger partial charge in [0.15, 0.2) is 0 Å². The second kappa shape index (κ2) is 7.01. The fourth-order valence-electron chi connectivity index (χ4n) is 3.49. The molecule has 4 nitrogen and oxygen atoms in total. The van der Waals surface area contributed by atoms with Gasteiger partial charge in [0.1, 0.15) is 0 Å². The third-order valence-electron chi connectivity index (χ3n) is 4.84. The number of nitrogens with one attached hydrogen (secondary N) is 1. The average molecular weight is 312 g/mol. The molecule has 1 aliphatic heterocycles. The molecule has 2 aromatic carbocycles. The van der Waals surface area contributed by atoms with E-state index in [1.807, 2.05) is 0 Å². The Bertz CT molecular complexity index is 691.